The van der Waals surface area contributed by atoms with Crippen molar-refractivity contribution >= 4 is 11.8 Å². The molecule has 0 bridgehead atoms. The van der Waals surface area contributed by atoms with E-state index in [4.69, 9.17) is 5.73 Å². The van der Waals surface area contributed by atoms with Gasteiger partial charge >= 0.3 is 0 Å². The van der Waals surface area contributed by atoms with Crippen molar-refractivity contribution in [3.8, 4) is 0 Å². The minimum absolute atomic E-state index is 0.00386. The number of rotatable bonds is 8. The first-order valence-electron chi connectivity index (χ1n) is 10.4. The summed E-state index contributed by atoms with van der Waals surface area (Å²) in [5.74, 6) is -0.0843. The monoisotopic (exact) mass is 418 g/mol. The molecule has 4 N–H and O–H groups in total. The molecule has 0 saturated carbocycles. The molecule has 0 aliphatic carbocycles. The van der Waals surface area contributed by atoms with E-state index in [2.05, 4.69) is 15.2 Å². The van der Waals surface area contributed by atoms with Crippen LogP contribution in [-0.2, 0) is 30.8 Å². The molecule has 6 nitrogen and oxygen atoms in total. The molecule has 0 fully saturated rings. The summed E-state index contributed by atoms with van der Waals surface area (Å²) in [7, 11) is 1.64. The van der Waals surface area contributed by atoms with Crippen molar-refractivity contribution in [2.45, 2.75) is 39.9 Å². The number of aromatic nitrogens is 1. The third-order valence-electron chi connectivity index (χ3n) is 5.54. The van der Waals surface area contributed by atoms with E-state index in [0.29, 0.717) is 31.6 Å². The Morgan fingerprint density at radius 1 is 0.903 bits per heavy atom. The second-order valence-electron chi connectivity index (χ2n) is 7.74. The molecule has 0 unspecified atom stereocenters. The maximum Gasteiger partial charge on any atom is 0.253 e. The summed E-state index contributed by atoms with van der Waals surface area (Å²) in [6.45, 7) is 5.63. The Bertz CT molecular complexity index is 1050. The first kappa shape index (κ1) is 22.3. The van der Waals surface area contributed by atoms with E-state index >= 15 is 0 Å². The highest BCUT2D eigenvalue weighted by molar-refractivity contribution is 5.95. The maximum absolute atomic E-state index is 12.8. The Balaban J connectivity index is 1.66. The number of hydrogen-bond acceptors (Lipinski definition) is 3. The second kappa shape index (κ2) is 10.1. The highest BCUT2D eigenvalue weighted by Gasteiger charge is 2.16. The molecular formula is C25H30N4O2. The molecule has 0 aliphatic heterocycles. The maximum atomic E-state index is 12.8. The summed E-state index contributed by atoms with van der Waals surface area (Å²) in [5, 5.41) is 5.64. The molecule has 6 heteroatoms. The quantitative estimate of drug-likeness (QED) is 0.526. The van der Waals surface area contributed by atoms with Crippen LogP contribution in [0.1, 0.15) is 44.0 Å². The zero-order chi connectivity index (χ0) is 22.4. The van der Waals surface area contributed by atoms with Gasteiger partial charge in [0, 0.05) is 38.1 Å². The van der Waals surface area contributed by atoms with Gasteiger partial charge in [-0.15, -0.1) is 0 Å². The van der Waals surface area contributed by atoms with Crippen molar-refractivity contribution in [1.29, 1.82) is 0 Å². The largest absolute Gasteiger partial charge is 0.359 e. The minimum atomic E-state index is -0.0804. The van der Waals surface area contributed by atoms with Gasteiger partial charge in [0.15, 0.2) is 0 Å². The average Bonchev–Trinajstić information content (AvgIpc) is 3.07. The molecule has 1 aromatic heterocycles. The van der Waals surface area contributed by atoms with Gasteiger partial charge in [0.05, 0.1) is 12.0 Å². The van der Waals surface area contributed by atoms with E-state index < -0.39 is 0 Å². The van der Waals surface area contributed by atoms with E-state index in [-0.39, 0.29) is 11.8 Å². The second-order valence-corrected chi connectivity index (χ2v) is 7.74. The number of hydrogen-bond donors (Lipinski definition) is 3. The van der Waals surface area contributed by atoms with Crippen LogP contribution in [0.25, 0.3) is 0 Å². The number of nitrogens with two attached hydrogens (primary N) is 1. The number of aryl methyl sites for hydroxylation is 1. The van der Waals surface area contributed by atoms with Crippen LogP contribution in [0.5, 0.6) is 0 Å². The van der Waals surface area contributed by atoms with Gasteiger partial charge in [-0.2, -0.15) is 0 Å². The Morgan fingerprint density at radius 2 is 1.48 bits per heavy atom. The van der Waals surface area contributed by atoms with Crippen molar-refractivity contribution in [2.24, 2.45) is 5.73 Å². The van der Waals surface area contributed by atoms with Gasteiger partial charge in [-0.3, -0.25) is 9.59 Å². The van der Waals surface area contributed by atoms with E-state index in [1.54, 1.807) is 7.05 Å². The van der Waals surface area contributed by atoms with E-state index in [9.17, 15) is 9.59 Å². The van der Waals surface area contributed by atoms with Crippen LogP contribution in [0.4, 0.5) is 0 Å². The minimum Gasteiger partial charge on any atom is -0.359 e. The highest BCUT2D eigenvalue weighted by atomic mass is 16.2. The SMILES string of the molecule is CNC(=O)Cc1ccc(Cn2c(C)cc(C(=O)NCc3ccc(CN)cc3)c2C)cc1. The average molecular weight is 419 g/mol. The molecule has 162 valence electrons. The van der Waals surface area contributed by atoms with E-state index in [1.165, 1.54) is 0 Å². The van der Waals surface area contributed by atoms with Gasteiger partial charge in [0.2, 0.25) is 5.91 Å². The number of likely N-dealkylation sites (N-methyl/N-ethyl adjacent to an activating group) is 1. The molecule has 1 heterocycles. The van der Waals surface area contributed by atoms with Crippen LogP contribution >= 0.6 is 0 Å². The third-order valence-corrected chi connectivity index (χ3v) is 5.54. The van der Waals surface area contributed by atoms with Crippen LogP contribution < -0.4 is 16.4 Å². The van der Waals surface area contributed by atoms with Crippen molar-refractivity contribution in [1.82, 2.24) is 15.2 Å². The van der Waals surface area contributed by atoms with Crippen LogP contribution in [0.3, 0.4) is 0 Å². The Labute approximate surface area is 183 Å². The lowest BCUT2D eigenvalue weighted by Gasteiger charge is -2.11. The zero-order valence-corrected chi connectivity index (χ0v) is 18.4. The van der Waals surface area contributed by atoms with Crippen molar-refractivity contribution < 1.29 is 9.59 Å². The van der Waals surface area contributed by atoms with Gasteiger partial charge in [-0.25, -0.2) is 0 Å². The molecule has 3 rings (SSSR count). The number of nitrogens with one attached hydrogen (secondary N) is 2. The summed E-state index contributed by atoms with van der Waals surface area (Å²) in [6, 6.07) is 17.9. The normalized spacial score (nSPS) is 10.7. The lowest BCUT2D eigenvalue weighted by molar-refractivity contribution is -0.119. The van der Waals surface area contributed by atoms with Crippen molar-refractivity contribution in [2.75, 3.05) is 7.05 Å². The Hall–Kier alpha value is -3.38. The van der Waals surface area contributed by atoms with Crippen molar-refractivity contribution in [3.63, 3.8) is 0 Å². The fourth-order valence-electron chi connectivity index (χ4n) is 3.56. The number of benzene rings is 2. The molecule has 0 atom stereocenters. The number of amides is 2. The summed E-state index contributed by atoms with van der Waals surface area (Å²) in [4.78, 5) is 24.3. The molecular weight excluding hydrogens is 388 g/mol. The standard InChI is InChI=1S/C25H30N4O2/c1-17-12-23(25(31)28-15-21-8-6-20(14-26)7-9-21)18(2)29(17)16-22-10-4-19(5-11-22)13-24(30)27-3/h4-12H,13-16,26H2,1-3H3,(H,27,30)(H,28,31). The lowest BCUT2D eigenvalue weighted by Crippen LogP contribution is -2.23. The first-order chi connectivity index (χ1) is 14.9. The molecule has 2 amide bonds. The van der Waals surface area contributed by atoms with Crippen LogP contribution in [0, 0.1) is 13.8 Å². The number of nitrogens with zero attached hydrogens (tertiary/aromatic N) is 1. The Kier molecular flexibility index (Phi) is 7.26. The summed E-state index contributed by atoms with van der Waals surface area (Å²) >= 11 is 0. The fourth-order valence-corrected chi connectivity index (χ4v) is 3.56. The third kappa shape index (κ3) is 5.61. The summed E-state index contributed by atoms with van der Waals surface area (Å²) < 4.78 is 2.14. The van der Waals surface area contributed by atoms with E-state index in [0.717, 1.165) is 33.6 Å². The van der Waals surface area contributed by atoms with Crippen LogP contribution in [0.2, 0.25) is 0 Å². The molecule has 2 aromatic carbocycles. The number of carbonyl (C=O) groups is 2. The molecule has 0 spiro atoms. The Morgan fingerprint density at radius 3 is 2.10 bits per heavy atom. The summed E-state index contributed by atoms with van der Waals surface area (Å²) in [5.41, 5.74) is 12.5. The van der Waals surface area contributed by atoms with Crippen LogP contribution in [-0.4, -0.2) is 23.4 Å². The smallest absolute Gasteiger partial charge is 0.253 e. The fraction of sp³-hybridized carbons (Fsp3) is 0.280. The van der Waals surface area contributed by atoms with Gasteiger partial charge in [-0.05, 0) is 42.2 Å². The topological polar surface area (TPSA) is 89.2 Å². The molecule has 0 aliphatic rings. The molecule has 3 aromatic rings. The molecule has 31 heavy (non-hydrogen) atoms. The lowest BCUT2D eigenvalue weighted by atomic mass is 10.1. The van der Waals surface area contributed by atoms with Crippen molar-refractivity contribution in [3.05, 3.63) is 93.8 Å². The van der Waals surface area contributed by atoms with Gasteiger partial charge in [-0.1, -0.05) is 48.5 Å². The van der Waals surface area contributed by atoms with Gasteiger partial charge in [0.25, 0.3) is 5.91 Å². The summed E-state index contributed by atoms with van der Waals surface area (Å²) in [6.07, 6.45) is 0.373. The first-order valence-corrected chi connectivity index (χ1v) is 10.4. The highest BCUT2D eigenvalue weighted by Crippen LogP contribution is 2.18. The van der Waals surface area contributed by atoms with Gasteiger partial charge < -0.3 is 20.9 Å². The predicted octanol–water partition coefficient (Wildman–Crippen LogP) is 2.83. The predicted molar refractivity (Wildman–Crippen MR) is 123 cm³/mol. The molecule has 0 radical (unpaired) electrons. The van der Waals surface area contributed by atoms with Gasteiger partial charge in [0.1, 0.15) is 0 Å². The zero-order valence-electron chi connectivity index (χ0n) is 18.4. The van der Waals surface area contributed by atoms with E-state index in [1.807, 2.05) is 68.4 Å². The van der Waals surface area contributed by atoms with Crippen LogP contribution in [0.15, 0.2) is 54.6 Å². The molecule has 0 saturated heterocycles. The number of carbonyl (C=O) groups excluding carboxylic acids is 2.